The Balaban J connectivity index is 2.14. The summed E-state index contributed by atoms with van der Waals surface area (Å²) in [6.45, 7) is 1.83. The molecule has 3 rings (SSSR count). The van der Waals surface area contributed by atoms with E-state index in [1.54, 1.807) is 0 Å². The van der Waals surface area contributed by atoms with Crippen molar-refractivity contribution in [2.75, 3.05) is 0 Å². The molecule has 120 valence electrons. The number of halogens is 2. The minimum Gasteiger partial charge on any atom is -0.270 e. The molecular formula is C17H12Cl2N4S. The molecule has 2 aromatic carbocycles. The summed E-state index contributed by atoms with van der Waals surface area (Å²) in [7, 11) is 0. The van der Waals surface area contributed by atoms with Crippen LogP contribution < -0.4 is 0 Å². The van der Waals surface area contributed by atoms with Crippen LogP contribution in [0.1, 0.15) is 6.92 Å². The molecule has 3 aromatic rings. The number of nitriles is 1. The molecule has 0 amide bonds. The number of nitrogens with zero attached hydrogens (tertiary/aromatic N) is 4. The zero-order valence-corrected chi connectivity index (χ0v) is 15.0. The molecular weight excluding hydrogens is 363 g/mol. The maximum absolute atomic E-state index is 9.09. The highest BCUT2D eigenvalue weighted by Gasteiger charge is 2.18. The first-order valence-corrected chi connectivity index (χ1v) is 8.75. The largest absolute Gasteiger partial charge is 0.270 e. The number of hydrogen-bond donors (Lipinski definition) is 0. The summed E-state index contributed by atoms with van der Waals surface area (Å²) in [6.07, 6.45) is 0. The molecule has 1 aromatic heterocycles. The molecule has 0 saturated heterocycles. The first kappa shape index (κ1) is 16.8. The van der Waals surface area contributed by atoms with Gasteiger partial charge in [-0.1, -0.05) is 35.0 Å². The molecule has 0 unspecified atom stereocenters. The second-order valence-electron chi connectivity index (χ2n) is 5.01. The van der Waals surface area contributed by atoms with Gasteiger partial charge >= 0.3 is 0 Å². The molecule has 0 aliphatic rings. The van der Waals surface area contributed by atoms with E-state index in [1.165, 1.54) is 11.8 Å². The van der Waals surface area contributed by atoms with Crippen molar-refractivity contribution < 1.29 is 0 Å². The van der Waals surface area contributed by atoms with Crippen LogP contribution in [0, 0.1) is 11.3 Å². The van der Waals surface area contributed by atoms with Crippen molar-refractivity contribution in [3.63, 3.8) is 0 Å². The van der Waals surface area contributed by atoms with Gasteiger partial charge in [-0.3, -0.25) is 4.57 Å². The highest BCUT2D eigenvalue weighted by Crippen LogP contribution is 2.30. The van der Waals surface area contributed by atoms with Gasteiger partial charge in [-0.2, -0.15) is 5.26 Å². The monoisotopic (exact) mass is 374 g/mol. The average molecular weight is 375 g/mol. The minimum absolute atomic E-state index is 0.238. The van der Waals surface area contributed by atoms with Gasteiger partial charge in [0.1, 0.15) is 0 Å². The van der Waals surface area contributed by atoms with E-state index in [0.717, 1.165) is 11.3 Å². The molecule has 24 heavy (non-hydrogen) atoms. The number of aromatic nitrogens is 3. The van der Waals surface area contributed by atoms with E-state index in [0.29, 0.717) is 21.0 Å². The Kier molecular flexibility index (Phi) is 5.10. The van der Waals surface area contributed by atoms with Crippen LogP contribution in [0.2, 0.25) is 10.0 Å². The molecule has 0 radical (unpaired) electrons. The van der Waals surface area contributed by atoms with Gasteiger partial charge in [-0.05, 0) is 55.5 Å². The molecule has 0 saturated carbocycles. The second kappa shape index (κ2) is 7.27. The number of rotatable bonds is 4. The van der Waals surface area contributed by atoms with E-state index in [-0.39, 0.29) is 5.25 Å². The predicted octanol–water partition coefficient (Wildman–Crippen LogP) is 5.25. The summed E-state index contributed by atoms with van der Waals surface area (Å²) < 4.78 is 1.91. The molecule has 1 atom stereocenters. The number of benzene rings is 2. The number of thioether (sulfide) groups is 1. The summed E-state index contributed by atoms with van der Waals surface area (Å²) >= 11 is 13.3. The predicted molar refractivity (Wildman–Crippen MR) is 97.7 cm³/mol. The van der Waals surface area contributed by atoms with E-state index >= 15 is 0 Å². The third-order valence-corrected chi connectivity index (χ3v) is 4.72. The molecule has 1 heterocycles. The van der Waals surface area contributed by atoms with E-state index < -0.39 is 0 Å². The zero-order valence-electron chi connectivity index (χ0n) is 12.6. The summed E-state index contributed by atoms with van der Waals surface area (Å²) in [5, 5.41) is 19.4. The third-order valence-electron chi connectivity index (χ3n) is 3.28. The van der Waals surface area contributed by atoms with Gasteiger partial charge in [0, 0.05) is 21.3 Å². The van der Waals surface area contributed by atoms with Crippen LogP contribution in [-0.4, -0.2) is 20.0 Å². The van der Waals surface area contributed by atoms with E-state index in [9.17, 15) is 0 Å². The van der Waals surface area contributed by atoms with Crippen molar-refractivity contribution in [2.24, 2.45) is 0 Å². The molecule has 0 aliphatic carbocycles. The van der Waals surface area contributed by atoms with Crippen molar-refractivity contribution in [2.45, 2.75) is 17.3 Å². The van der Waals surface area contributed by atoms with Gasteiger partial charge in [-0.25, -0.2) is 0 Å². The van der Waals surface area contributed by atoms with Crippen molar-refractivity contribution in [3.05, 3.63) is 58.6 Å². The Morgan fingerprint density at radius 3 is 2.17 bits per heavy atom. The normalized spacial score (nSPS) is 11.9. The fourth-order valence-corrected chi connectivity index (χ4v) is 3.15. The smallest absolute Gasteiger partial charge is 0.197 e. The summed E-state index contributed by atoms with van der Waals surface area (Å²) in [5.74, 6) is 0.682. The lowest BCUT2D eigenvalue weighted by atomic mass is 10.2. The topological polar surface area (TPSA) is 54.5 Å². The molecule has 0 spiro atoms. The quantitative estimate of drug-likeness (QED) is 0.585. The Hall–Kier alpha value is -2.00. The van der Waals surface area contributed by atoms with Crippen LogP contribution >= 0.6 is 35.0 Å². The molecule has 0 aliphatic heterocycles. The van der Waals surface area contributed by atoms with Crippen LogP contribution in [0.4, 0.5) is 0 Å². The molecule has 4 nitrogen and oxygen atoms in total. The zero-order chi connectivity index (χ0) is 17.1. The van der Waals surface area contributed by atoms with Crippen LogP contribution in [0.25, 0.3) is 17.1 Å². The third kappa shape index (κ3) is 3.57. The molecule has 0 fully saturated rings. The maximum Gasteiger partial charge on any atom is 0.197 e. The Morgan fingerprint density at radius 1 is 1.00 bits per heavy atom. The standard InChI is InChI=1S/C17H12Cl2N4S/c1-11(10-20)24-17-22-21-16(12-2-4-13(18)5-3-12)23(17)15-8-6-14(19)7-9-15/h2-9,11H,1H3/t11-/m1/s1. The second-order valence-corrected chi connectivity index (χ2v) is 7.19. The van der Waals surface area contributed by atoms with Crippen LogP contribution in [0.15, 0.2) is 53.7 Å². The van der Waals surface area contributed by atoms with E-state index in [2.05, 4.69) is 16.3 Å². The van der Waals surface area contributed by atoms with Gasteiger partial charge in [0.15, 0.2) is 11.0 Å². The number of hydrogen-bond acceptors (Lipinski definition) is 4. The first-order chi connectivity index (χ1) is 11.6. The van der Waals surface area contributed by atoms with Crippen molar-refractivity contribution in [1.82, 2.24) is 14.8 Å². The Labute approximate surface area is 154 Å². The van der Waals surface area contributed by atoms with Gasteiger partial charge in [0.2, 0.25) is 0 Å². The van der Waals surface area contributed by atoms with Crippen LogP contribution in [0.5, 0.6) is 0 Å². The lowest BCUT2D eigenvalue weighted by molar-refractivity contribution is 0.883. The summed E-state index contributed by atoms with van der Waals surface area (Å²) in [6, 6.07) is 17.0. The van der Waals surface area contributed by atoms with Gasteiger partial charge in [0.25, 0.3) is 0 Å². The first-order valence-electron chi connectivity index (χ1n) is 7.12. The average Bonchev–Trinajstić information content (AvgIpc) is 2.99. The Bertz CT molecular complexity index is 882. The minimum atomic E-state index is -0.238. The Morgan fingerprint density at radius 2 is 1.58 bits per heavy atom. The SMILES string of the molecule is C[C@H](C#N)Sc1nnc(-c2ccc(Cl)cc2)n1-c1ccc(Cl)cc1. The fourth-order valence-electron chi connectivity index (χ4n) is 2.14. The van der Waals surface area contributed by atoms with Gasteiger partial charge in [-0.15, -0.1) is 10.2 Å². The molecule has 7 heteroatoms. The van der Waals surface area contributed by atoms with Crippen molar-refractivity contribution >= 4 is 35.0 Å². The molecule has 0 bridgehead atoms. The summed E-state index contributed by atoms with van der Waals surface area (Å²) in [4.78, 5) is 0. The van der Waals surface area contributed by atoms with Crippen LogP contribution in [-0.2, 0) is 0 Å². The maximum atomic E-state index is 9.09. The van der Waals surface area contributed by atoms with Crippen LogP contribution in [0.3, 0.4) is 0 Å². The van der Waals surface area contributed by atoms with Gasteiger partial charge in [0.05, 0.1) is 11.3 Å². The lowest BCUT2D eigenvalue weighted by Crippen LogP contribution is -2.01. The highest BCUT2D eigenvalue weighted by atomic mass is 35.5. The molecule has 0 N–H and O–H groups in total. The van der Waals surface area contributed by atoms with Gasteiger partial charge < -0.3 is 0 Å². The van der Waals surface area contributed by atoms with Crippen molar-refractivity contribution in [1.29, 1.82) is 5.26 Å². The summed E-state index contributed by atoms with van der Waals surface area (Å²) in [5.41, 5.74) is 1.76. The van der Waals surface area contributed by atoms with Crippen molar-refractivity contribution in [3.8, 4) is 23.1 Å². The highest BCUT2D eigenvalue weighted by molar-refractivity contribution is 8.00. The van der Waals surface area contributed by atoms with E-state index in [1.807, 2.05) is 60.0 Å². The van der Waals surface area contributed by atoms with E-state index in [4.69, 9.17) is 28.5 Å². The fraction of sp³-hybridized carbons (Fsp3) is 0.118. The lowest BCUT2D eigenvalue weighted by Gasteiger charge is -2.11.